The lowest BCUT2D eigenvalue weighted by atomic mass is 10.1. The molecule has 0 radical (unpaired) electrons. The minimum atomic E-state index is 0.408. The number of nitrogens with two attached hydrogens (primary N) is 1. The summed E-state index contributed by atoms with van der Waals surface area (Å²) in [6, 6.07) is 7.51. The van der Waals surface area contributed by atoms with Crippen LogP contribution in [0.15, 0.2) is 24.3 Å². The molecule has 1 rings (SSSR count). The minimum Gasteiger partial charge on any atom is -0.494 e. The van der Waals surface area contributed by atoms with Gasteiger partial charge < -0.3 is 15.2 Å². The molecule has 1 aromatic rings. The van der Waals surface area contributed by atoms with E-state index in [1.807, 2.05) is 24.3 Å². The predicted molar refractivity (Wildman–Crippen MR) is 82.7 cm³/mol. The number of benzene rings is 1. The van der Waals surface area contributed by atoms with Crippen LogP contribution in [0.1, 0.15) is 32.3 Å². The summed E-state index contributed by atoms with van der Waals surface area (Å²) in [5.41, 5.74) is 6.39. The van der Waals surface area contributed by atoms with Crippen molar-refractivity contribution in [1.82, 2.24) is 0 Å². The zero-order valence-electron chi connectivity index (χ0n) is 11.7. The first-order valence-electron chi connectivity index (χ1n) is 6.70. The topological polar surface area (TPSA) is 44.5 Å². The summed E-state index contributed by atoms with van der Waals surface area (Å²) >= 11 is 4.89. The predicted octanol–water partition coefficient (Wildman–Crippen LogP) is 3.15. The normalized spacial score (nSPS) is 10.7. The molecule has 3 nitrogen and oxygen atoms in total. The first-order chi connectivity index (χ1) is 9.09. The van der Waals surface area contributed by atoms with Crippen molar-refractivity contribution in [3.8, 4) is 5.75 Å². The summed E-state index contributed by atoms with van der Waals surface area (Å²) in [7, 11) is 0. The molecule has 19 heavy (non-hydrogen) atoms. The van der Waals surface area contributed by atoms with Crippen LogP contribution in [0.25, 0.3) is 0 Å². The van der Waals surface area contributed by atoms with Crippen LogP contribution in [0.3, 0.4) is 0 Å². The van der Waals surface area contributed by atoms with Crippen LogP contribution in [-0.4, -0.2) is 24.8 Å². The van der Waals surface area contributed by atoms with Gasteiger partial charge in [0, 0.05) is 25.2 Å². The molecule has 0 saturated heterocycles. The fourth-order valence-corrected chi connectivity index (χ4v) is 1.62. The van der Waals surface area contributed by atoms with Crippen LogP contribution in [0.2, 0.25) is 0 Å². The quantitative estimate of drug-likeness (QED) is 0.558. The average molecular weight is 281 g/mol. The number of hydrogen-bond acceptors (Lipinski definition) is 3. The van der Waals surface area contributed by atoms with Gasteiger partial charge in [0.1, 0.15) is 10.7 Å². The summed E-state index contributed by atoms with van der Waals surface area (Å²) in [6.45, 7) is 6.64. The average Bonchev–Trinajstić information content (AvgIpc) is 2.38. The van der Waals surface area contributed by atoms with Crippen molar-refractivity contribution in [2.75, 3.05) is 19.8 Å². The van der Waals surface area contributed by atoms with E-state index < -0.39 is 0 Å². The smallest absolute Gasteiger partial charge is 0.119 e. The van der Waals surface area contributed by atoms with Gasteiger partial charge in [0.15, 0.2) is 0 Å². The highest BCUT2D eigenvalue weighted by atomic mass is 32.1. The van der Waals surface area contributed by atoms with Crippen LogP contribution in [-0.2, 0) is 4.74 Å². The highest BCUT2D eigenvalue weighted by Gasteiger charge is 1.98. The van der Waals surface area contributed by atoms with Crippen LogP contribution < -0.4 is 10.5 Å². The second kappa shape index (κ2) is 8.88. The molecule has 0 unspecified atom stereocenters. The van der Waals surface area contributed by atoms with Crippen molar-refractivity contribution in [3.63, 3.8) is 0 Å². The molecule has 0 aliphatic heterocycles. The van der Waals surface area contributed by atoms with Gasteiger partial charge in [-0.3, -0.25) is 0 Å². The zero-order valence-corrected chi connectivity index (χ0v) is 12.5. The largest absolute Gasteiger partial charge is 0.494 e. The third-order valence-corrected chi connectivity index (χ3v) is 2.92. The van der Waals surface area contributed by atoms with Crippen molar-refractivity contribution < 1.29 is 9.47 Å². The van der Waals surface area contributed by atoms with E-state index in [1.165, 1.54) is 0 Å². The second-order valence-corrected chi connectivity index (χ2v) is 5.33. The van der Waals surface area contributed by atoms with Crippen LogP contribution >= 0.6 is 12.2 Å². The Labute approximate surface area is 121 Å². The Kier molecular flexibility index (Phi) is 7.45. The third-order valence-electron chi connectivity index (χ3n) is 2.68. The Bertz CT molecular complexity index is 376. The Morgan fingerprint density at radius 1 is 1.16 bits per heavy atom. The van der Waals surface area contributed by atoms with Gasteiger partial charge in [-0.2, -0.15) is 0 Å². The third kappa shape index (κ3) is 7.13. The van der Waals surface area contributed by atoms with Crippen molar-refractivity contribution >= 4 is 17.2 Å². The van der Waals surface area contributed by atoms with Crippen molar-refractivity contribution in [2.24, 2.45) is 11.7 Å². The van der Waals surface area contributed by atoms with Gasteiger partial charge in [-0.25, -0.2) is 0 Å². The zero-order chi connectivity index (χ0) is 14.1. The Morgan fingerprint density at radius 3 is 2.42 bits per heavy atom. The molecule has 0 spiro atoms. The van der Waals surface area contributed by atoms with Crippen LogP contribution in [0.4, 0.5) is 0 Å². The lowest BCUT2D eigenvalue weighted by Gasteiger charge is -2.08. The van der Waals surface area contributed by atoms with Gasteiger partial charge >= 0.3 is 0 Å². The van der Waals surface area contributed by atoms with Gasteiger partial charge in [0.2, 0.25) is 0 Å². The minimum absolute atomic E-state index is 0.408. The van der Waals surface area contributed by atoms with Crippen molar-refractivity contribution in [2.45, 2.75) is 26.7 Å². The van der Waals surface area contributed by atoms with Gasteiger partial charge in [-0.05, 0) is 36.6 Å². The van der Waals surface area contributed by atoms with Gasteiger partial charge in [-0.1, -0.05) is 26.1 Å². The number of hydrogen-bond donors (Lipinski definition) is 1. The van der Waals surface area contributed by atoms with E-state index in [4.69, 9.17) is 27.4 Å². The molecule has 0 atom stereocenters. The maximum atomic E-state index is 5.60. The Balaban J connectivity index is 2.11. The first-order valence-corrected chi connectivity index (χ1v) is 7.11. The highest BCUT2D eigenvalue weighted by molar-refractivity contribution is 7.80. The monoisotopic (exact) mass is 281 g/mol. The highest BCUT2D eigenvalue weighted by Crippen LogP contribution is 2.12. The molecule has 2 N–H and O–H groups in total. The van der Waals surface area contributed by atoms with Crippen LogP contribution in [0, 0.1) is 5.92 Å². The standard InChI is InChI=1S/C15H23NO2S/c1-12(2)8-11-17-9-3-10-18-14-6-4-13(5-7-14)15(16)19/h4-7,12H,3,8-11H2,1-2H3,(H2,16,19). The molecular formula is C15H23NO2S. The molecule has 4 heteroatoms. The SMILES string of the molecule is CC(C)CCOCCCOc1ccc(C(N)=S)cc1. The molecule has 106 valence electrons. The van der Waals surface area contributed by atoms with Gasteiger partial charge in [0.05, 0.1) is 6.61 Å². The van der Waals surface area contributed by atoms with E-state index in [0.29, 0.717) is 17.5 Å². The summed E-state index contributed by atoms with van der Waals surface area (Å²) in [5, 5.41) is 0. The van der Waals surface area contributed by atoms with E-state index in [0.717, 1.165) is 37.4 Å². The molecule has 0 fully saturated rings. The fraction of sp³-hybridized carbons (Fsp3) is 0.533. The molecule has 1 aromatic carbocycles. The molecule has 0 aromatic heterocycles. The lowest BCUT2D eigenvalue weighted by molar-refractivity contribution is 0.110. The number of thiocarbonyl (C=S) groups is 1. The van der Waals surface area contributed by atoms with E-state index in [-0.39, 0.29) is 0 Å². The summed E-state index contributed by atoms with van der Waals surface area (Å²) in [6.07, 6.45) is 2.01. The maximum Gasteiger partial charge on any atom is 0.119 e. The van der Waals surface area contributed by atoms with E-state index in [1.54, 1.807) is 0 Å². The van der Waals surface area contributed by atoms with E-state index >= 15 is 0 Å². The molecule has 0 heterocycles. The van der Waals surface area contributed by atoms with E-state index in [9.17, 15) is 0 Å². The maximum absolute atomic E-state index is 5.60. The molecule has 0 aliphatic rings. The van der Waals surface area contributed by atoms with Gasteiger partial charge in [-0.15, -0.1) is 0 Å². The Hall–Kier alpha value is -1.13. The first kappa shape index (κ1) is 15.9. The number of rotatable bonds is 9. The van der Waals surface area contributed by atoms with Gasteiger partial charge in [0.25, 0.3) is 0 Å². The lowest BCUT2D eigenvalue weighted by Crippen LogP contribution is -2.09. The number of ether oxygens (including phenoxy) is 2. The molecule has 0 bridgehead atoms. The summed E-state index contributed by atoms with van der Waals surface area (Å²) in [4.78, 5) is 0.408. The summed E-state index contributed by atoms with van der Waals surface area (Å²) < 4.78 is 11.1. The van der Waals surface area contributed by atoms with Crippen molar-refractivity contribution in [1.29, 1.82) is 0 Å². The summed E-state index contributed by atoms with van der Waals surface area (Å²) in [5.74, 6) is 1.53. The molecule has 0 amide bonds. The van der Waals surface area contributed by atoms with E-state index in [2.05, 4.69) is 13.8 Å². The fourth-order valence-electron chi connectivity index (χ4n) is 1.49. The molecule has 0 aliphatic carbocycles. The molecule has 0 saturated carbocycles. The van der Waals surface area contributed by atoms with Crippen molar-refractivity contribution in [3.05, 3.63) is 29.8 Å². The Morgan fingerprint density at radius 2 is 1.84 bits per heavy atom. The second-order valence-electron chi connectivity index (χ2n) is 4.89. The van der Waals surface area contributed by atoms with Crippen LogP contribution in [0.5, 0.6) is 5.75 Å². The molecular weight excluding hydrogens is 258 g/mol.